The molecule has 0 N–H and O–H groups in total. The maximum atomic E-state index is 2.87. The van der Waals surface area contributed by atoms with Crippen molar-refractivity contribution in [2.75, 3.05) is 13.1 Å². The molecule has 0 aromatic heterocycles. The van der Waals surface area contributed by atoms with Gasteiger partial charge in [-0.15, -0.1) is 0 Å². The van der Waals surface area contributed by atoms with Gasteiger partial charge < -0.3 is 17.0 Å². The highest BCUT2D eigenvalue weighted by Crippen LogP contribution is 2.62. The average molecular weight is 484 g/mol. The summed E-state index contributed by atoms with van der Waals surface area (Å²) in [5.74, 6) is 0. The lowest BCUT2D eigenvalue weighted by Crippen LogP contribution is -3.00. The lowest BCUT2D eigenvalue weighted by atomic mass is 10.2. The van der Waals surface area contributed by atoms with Crippen molar-refractivity contribution in [1.82, 2.24) is 4.67 Å². The summed E-state index contributed by atoms with van der Waals surface area (Å²) in [7, 11) is -1.76. The molecule has 0 saturated heterocycles. The Morgan fingerprint density at radius 1 is 0.600 bits per heavy atom. The topological polar surface area (TPSA) is 3.24 Å². The predicted octanol–water partition coefficient (Wildman–Crippen LogP) is 3.68. The summed E-state index contributed by atoms with van der Waals surface area (Å²) in [4.78, 5) is 0. The second-order valence-corrected chi connectivity index (χ2v) is 11.2. The molecule has 0 aliphatic carbocycles. The summed E-state index contributed by atoms with van der Waals surface area (Å²) in [6.07, 6.45) is 6.06. The van der Waals surface area contributed by atoms with E-state index in [4.69, 9.17) is 0 Å². The van der Waals surface area contributed by atoms with E-state index in [9.17, 15) is 0 Å². The fourth-order valence-electron chi connectivity index (χ4n) is 4.09. The molecule has 0 spiro atoms. The van der Waals surface area contributed by atoms with Crippen LogP contribution >= 0.6 is 7.41 Å². The van der Waals surface area contributed by atoms with Gasteiger partial charge in [-0.2, -0.15) is 4.67 Å². The molecule has 3 aromatic carbocycles. The van der Waals surface area contributed by atoms with Gasteiger partial charge >= 0.3 is 0 Å². The largest absolute Gasteiger partial charge is 1.00 e. The van der Waals surface area contributed by atoms with E-state index in [1.54, 1.807) is 0 Å². The zero-order chi connectivity index (χ0) is 20.4. The van der Waals surface area contributed by atoms with Crippen LogP contribution in [0.2, 0.25) is 0 Å². The third-order valence-corrected chi connectivity index (χ3v) is 10.1. The summed E-state index contributed by atoms with van der Waals surface area (Å²) in [6, 6.07) is 33.7. The summed E-state index contributed by atoms with van der Waals surface area (Å²) in [5, 5.41) is 3.00. The molecule has 0 aliphatic rings. The fourth-order valence-corrected chi connectivity index (χ4v) is 8.64. The summed E-state index contributed by atoms with van der Waals surface area (Å²) in [5.41, 5.74) is 1.44. The van der Waals surface area contributed by atoms with E-state index in [0.29, 0.717) is 0 Å². The molecule has 3 rings (SSSR count). The van der Waals surface area contributed by atoms with Gasteiger partial charge in [0.2, 0.25) is 0 Å². The first-order valence-electron chi connectivity index (χ1n) is 11.1. The maximum absolute atomic E-state index is 2.87. The molecule has 0 amide bonds. The smallest absolute Gasteiger partial charge is 0.153 e. The van der Waals surface area contributed by atoms with Crippen molar-refractivity contribution in [2.24, 2.45) is 0 Å². The minimum absolute atomic E-state index is 0. The molecule has 1 nitrogen and oxygen atoms in total. The summed E-state index contributed by atoms with van der Waals surface area (Å²) < 4.78 is 2.87. The van der Waals surface area contributed by atoms with Crippen LogP contribution in [0, 0.1) is 0 Å². The van der Waals surface area contributed by atoms with Gasteiger partial charge in [-0.25, -0.2) is 0 Å². The predicted molar refractivity (Wildman–Crippen MR) is 131 cm³/mol. The number of hydrogen-bond donors (Lipinski definition) is 0. The van der Waals surface area contributed by atoms with Gasteiger partial charge in [-0.05, 0) is 42.7 Å². The van der Waals surface area contributed by atoms with Crippen LogP contribution in [-0.4, -0.2) is 17.8 Å². The molecule has 160 valence electrons. The van der Waals surface area contributed by atoms with Crippen LogP contribution in [0.4, 0.5) is 0 Å². The van der Waals surface area contributed by atoms with Gasteiger partial charge in [0.15, 0.2) is 7.41 Å². The zero-order valence-electron chi connectivity index (χ0n) is 18.4. The number of hydrogen-bond acceptors (Lipinski definition) is 1. The molecule has 0 fully saturated rings. The van der Waals surface area contributed by atoms with Crippen LogP contribution in [0.3, 0.4) is 0 Å². The van der Waals surface area contributed by atoms with E-state index in [1.807, 2.05) is 0 Å². The molecule has 0 unspecified atom stereocenters. The highest BCUT2D eigenvalue weighted by Gasteiger charge is 2.48. The Hall–Kier alpha value is -1.47. The molecular weight excluding hydrogens is 449 g/mol. The number of unbranched alkanes of at least 4 members (excludes halogenated alkanes) is 2. The summed E-state index contributed by atoms with van der Waals surface area (Å²) >= 11 is 0. The molecule has 0 atom stereocenters. The van der Waals surface area contributed by atoms with E-state index in [0.717, 1.165) is 6.16 Å². The lowest BCUT2D eigenvalue weighted by molar-refractivity contribution is -0.00000604. The second kappa shape index (κ2) is 13.1. The van der Waals surface area contributed by atoms with E-state index in [-0.39, 0.29) is 17.0 Å². The molecular formula is C27H35BrNP. The highest BCUT2D eigenvalue weighted by molar-refractivity contribution is 7.86. The van der Waals surface area contributed by atoms with Crippen LogP contribution in [0.5, 0.6) is 0 Å². The van der Waals surface area contributed by atoms with Gasteiger partial charge in [0, 0.05) is 13.1 Å². The third-order valence-electron chi connectivity index (χ3n) is 5.64. The van der Waals surface area contributed by atoms with Crippen molar-refractivity contribution >= 4 is 18.0 Å². The van der Waals surface area contributed by atoms with E-state index < -0.39 is 7.41 Å². The minimum Gasteiger partial charge on any atom is -1.00 e. The SMILES string of the molecule is CCCCN(CCCC)[P+](Cc1ccccc1)(c1ccccc1)c1ccccc1.[Br-]. The number of benzene rings is 3. The van der Waals surface area contributed by atoms with Crippen molar-refractivity contribution < 1.29 is 17.0 Å². The molecule has 0 heterocycles. The highest BCUT2D eigenvalue weighted by atomic mass is 79.9. The Labute approximate surface area is 194 Å². The summed E-state index contributed by atoms with van der Waals surface area (Å²) in [6.45, 7) is 6.95. The van der Waals surface area contributed by atoms with Gasteiger partial charge in [0.25, 0.3) is 0 Å². The van der Waals surface area contributed by atoms with E-state index in [1.165, 1.54) is 54.9 Å². The first-order chi connectivity index (χ1) is 14.3. The quantitative estimate of drug-likeness (QED) is 0.376. The van der Waals surface area contributed by atoms with E-state index >= 15 is 0 Å². The standard InChI is InChI=1S/C27H35NP.BrH/c1-3-5-22-28(23-6-4-2)29(26-18-12-8-13-19-26,27-20-14-9-15-21-27)24-25-16-10-7-11-17-25;/h7-21H,3-6,22-24H2,1-2H3;1H/q+1;/p-1. The first kappa shape index (κ1) is 24.8. The molecule has 3 aromatic rings. The molecule has 0 saturated carbocycles. The lowest BCUT2D eigenvalue weighted by Gasteiger charge is -2.37. The number of rotatable bonds is 11. The molecule has 3 heteroatoms. The monoisotopic (exact) mass is 483 g/mol. The van der Waals surface area contributed by atoms with E-state index in [2.05, 4.69) is 110 Å². The molecule has 0 aliphatic heterocycles. The minimum atomic E-state index is -1.76. The van der Waals surface area contributed by atoms with Gasteiger partial charge in [0.05, 0.1) is 0 Å². The fraction of sp³-hybridized carbons (Fsp3) is 0.333. The maximum Gasteiger partial charge on any atom is 0.153 e. The third kappa shape index (κ3) is 6.03. The second-order valence-electron chi connectivity index (χ2n) is 7.75. The number of halogens is 1. The Bertz CT molecular complexity index is 776. The molecule has 30 heavy (non-hydrogen) atoms. The van der Waals surface area contributed by atoms with Gasteiger partial charge in [-0.1, -0.05) is 93.4 Å². The Balaban J connectivity index is 0.00000320. The van der Waals surface area contributed by atoms with Crippen LogP contribution in [-0.2, 0) is 6.16 Å². The van der Waals surface area contributed by atoms with Crippen molar-refractivity contribution in [2.45, 2.75) is 45.7 Å². The zero-order valence-corrected chi connectivity index (χ0v) is 20.9. The van der Waals surface area contributed by atoms with Gasteiger partial charge in [0.1, 0.15) is 16.8 Å². The number of nitrogens with zero attached hydrogens (tertiary/aromatic N) is 1. The van der Waals surface area contributed by atoms with Crippen LogP contribution in [0.15, 0.2) is 91.0 Å². The molecule has 0 bridgehead atoms. The molecule has 0 radical (unpaired) electrons. The Kier molecular flexibility index (Phi) is 10.8. The normalized spacial score (nSPS) is 11.3. The Morgan fingerprint density at radius 2 is 1.00 bits per heavy atom. The van der Waals surface area contributed by atoms with Crippen molar-refractivity contribution in [3.05, 3.63) is 96.6 Å². The Morgan fingerprint density at radius 3 is 1.40 bits per heavy atom. The van der Waals surface area contributed by atoms with Crippen molar-refractivity contribution in [1.29, 1.82) is 0 Å². The van der Waals surface area contributed by atoms with Crippen molar-refractivity contribution in [3.63, 3.8) is 0 Å². The van der Waals surface area contributed by atoms with Crippen molar-refractivity contribution in [3.8, 4) is 0 Å². The van der Waals surface area contributed by atoms with Crippen LogP contribution in [0.1, 0.15) is 45.1 Å². The van der Waals surface area contributed by atoms with Crippen LogP contribution < -0.4 is 27.6 Å². The first-order valence-corrected chi connectivity index (χ1v) is 13.0. The van der Waals surface area contributed by atoms with Gasteiger partial charge in [-0.3, -0.25) is 0 Å². The van der Waals surface area contributed by atoms with Crippen LogP contribution in [0.25, 0.3) is 0 Å². The average Bonchev–Trinajstić information content (AvgIpc) is 2.80.